The van der Waals surface area contributed by atoms with Crippen LogP contribution in [0.5, 0.6) is 11.5 Å². The van der Waals surface area contributed by atoms with Crippen LogP contribution in [0.1, 0.15) is 26.3 Å². The number of anilines is 1. The lowest BCUT2D eigenvalue weighted by Gasteiger charge is -2.14. The standard InChI is InChI=1S/C23H23N3O4/c1-16-5-3-8-20(21(16)26-22(27)17-9-11-24-12-10-17)23(28)25-13-14-30-19-7-4-6-18(15-19)29-2/h3-12,15H,13-14H2,1-2H3,(H,25,28)(H,26,27). The van der Waals surface area contributed by atoms with Crippen molar-refractivity contribution in [3.63, 3.8) is 0 Å². The lowest BCUT2D eigenvalue weighted by atomic mass is 10.1. The molecule has 0 saturated carbocycles. The van der Waals surface area contributed by atoms with Gasteiger partial charge in [0.2, 0.25) is 0 Å². The average molecular weight is 405 g/mol. The number of amides is 2. The van der Waals surface area contributed by atoms with Gasteiger partial charge >= 0.3 is 0 Å². The summed E-state index contributed by atoms with van der Waals surface area (Å²) in [4.78, 5) is 29.1. The summed E-state index contributed by atoms with van der Waals surface area (Å²) in [5.41, 5.74) is 2.12. The van der Waals surface area contributed by atoms with Gasteiger partial charge in [0.05, 0.1) is 24.9 Å². The van der Waals surface area contributed by atoms with Gasteiger partial charge in [-0.05, 0) is 42.8 Å². The molecule has 0 radical (unpaired) electrons. The number of para-hydroxylation sites is 1. The van der Waals surface area contributed by atoms with Gasteiger partial charge in [-0.3, -0.25) is 14.6 Å². The number of aromatic nitrogens is 1. The van der Waals surface area contributed by atoms with Crippen LogP contribution in [0.3, 0.4) is 0 Å². The lowest BCUT2D eigenvalue weighted by Crippen LogP contribution is -2.29. The number of pyridine rings is 1. The van der Waals surface area contributed by atoms with E-state index in [1.54, 1.807) is 49.8 Å². The smallest absolute Gasteiger partial charge is 0.255 e. The fourth-order valence-corrected chi connectivity index (χ4v) is 2.83. The minimum absolute atomic E-state index is 0.294. The van der Waals surface area contributed by atoms with Gasteiger partial charge in [0.1, 0.15) is 18.1 Å². The third-order valence-corrected chi connectivity index (χ3v) is 4.40. The van der Waals surface area contributed by atoms with Crippen LogP contribution in [-0.4, -0.2) is 37.1 Å². The van der Waals surface area contributed by atoms with E-state index < -0.39 is 0 Å². The molecule has 2 N–H and O–H groups in total. The van der Waals surface area contributed by atoms with Gasteiger partial charge in [-0.1, -0.05) is 18.2 Å². The van der Waals surface area contributed by atoms with E-state index in [2.05, 4.69) is 15.6 Å². The maximum Gasteiger partial charge on any atom is 0.255 e. The first-order valence-electron chi connectivity index (χ1n) is 9.44. The van der Waals surface area contributed by atoms with Crippen molar-refractivity contribution in [1.82, 2.24) is 10.3 Å². The Morgan fingerprint density at radius 2 is 1.70 bits per heavy atom. The molecule has 0 aliphatic carbocycles. The van der Waals surface area contributed by atoms with E-state index in [1.165, 1.54) is 0 Å². The first kappa shape index (κ1) is 20.9. The minimum Gasteiger partial charge on any atom is -0.497 e. The highest BCUT2D eigenvalue weighted by atomic mass is 16.5. The molecule has 1 aromatic heterocycles. The van der Waals surface area contributed by atoms with Crippen molar-refractivity contribution in [3.8, 4) is 11.5 Å². The number of methoxy groups -OCH3 is 1. The number of nitrogens with one attached hydrogen (secondary N) is 2. The first-order valence-corrected chi connectivity index (χ1v) is 9.44. The number of rotatable bonds is 8. The highest BCUT2D eigenvalue weighted by molar-refractivity contribution is 6.09. The highest BCUT2D eigenvalue weighted by Gasteiger charge is 2.16. The predicted molar refractivity (Wildman–Crippen MR) is 114 cm³/mol. The second-order valence-corrected chi connectivity index (χ2v) is 6.47. The van der Waals surface area contributed by atoms with Crippen molar-refractivity contribution in [1.29, 1.82) is 0 Å². The third kappa shape index (κ3) is 5.35. The quantitative estimate of drug-likeness (QED) is 0.560. The zero-order valence-corrected chi connectivity index (χ0v) is 16.8. The van der Waals surface area contributed by atoms with Gasteiger partial charge in [-0.25, -0.2) is 0 Å². The van der Waals surface area contributed by atoms with Crippen molar-refractivity contribution >= 4 is 17.5 Å². The van der Waals surface area contributed by atoms with Crippen molar-refractivity contribution in [3.05, 3.63) is 83.7 Å². The summed E-state index contributed by atoms with van der Waals surface area (Å²) in [5, 5.41) is 5.65. The minimum atomic E-state index is -0.304. The fraction of sp³-hybridized carbons (Fsp3) is 0.174. The largest absolute Gasteiger partial charge is 0.497 e. The first-order chi connectivity index (χ1) is 14.6. The van der Waals surface area contributed by atoms with Crippen LogP contribution in [0, 0.1) is 6.92 Å². The Morgan fingerprint density at radius 1 is 0.967 bits per heavy atom. The number of benzene rings is 2. The molecular weight excluding hydrogens is 382 g/mol. The van der Waals surface area contributed by atoms with Crippen molar-refractivity contribution in [2.45, 2.75) is 6.92 Å². The third-order valence-electron chi connectivity index (χ3n) is 4.40. The number of hydrogen-bond donors (Lipinski definition) is 2. The van der Waals surface area contributed by atoms with Crippen LogP contribution in [0.4, 0.5) is 5.69 Å². The molecule has 154 valence electrons. The number of nitrogens with zero attached hydrogens (tertiary/aromatic N) is 1. The molecule has 7 nitrogen and oxygen atoms in total. The summed E-state index contributed by atoms with van der Waals surface area (Å²) in [6, 6.07) is 15.8. The van der Waals surface area contributed by atoms with Crippen LogP contribution in [0.25, 0.3) is 0 Å². The number of aryl methyl sites for hydroxylation is 1. The highest BCUT2D eigenvalue weighted by Crippen LogP contribution is 2.22. The number of carbonyl (C=O) groups excluding carboxylic acids is 2. The molecule has 2 aromatic carbocycles. The molecule has 0 spiro atoms. The zero-order chi connectivity index (χ0) is 21.3. The lowest BCUT2D eigenvalue weighted by molar-refractivity contribution is 0.0947. The van der Waals surface area contributed by atoms with Crippen LogP contribution in [-0.2, 0) is 0 Å². The maximum atomic E-state index is 12.7. The normalized spacial score (nSPS) is 10.2. The molecule has 30 heavy (non-hydrogen) atoms. The Kier molecular flexibility index (Phi) is 7.00. The van der Waals surface area contributed by atoms with Gasteiger partial charge < -0.3 is 20.1 Å². The summed E-state index contributed by atoms with van der Waals surface area (Å²) < 4.78 is 10.8. The van der Waals surface area contributed by atoms with Crippen molar-refractivity contribution in [2.75, 3.05) is 25.6 Å². The van der Waals surface area contributed by atoms with Crippen LogP contribution < -0.4 is 20.1 Å². The second-order valence-electron chi connectivity index (χ2n) is 6.47. The van der Waals surface area contributed by atoms with Gasteiger partial charge in [-0.2, -0.15) is 0 Å². The molecule has 0 fully saturated rings. The van der Waals surface area contributed by atoms with E-state index in [4.69, 9.17) is 9.47 Å². The van der Waals surface area contributed by atoms with E-state index in [0.29, 0.717) is 41.5 Å². The SMILES string of the molecule is COc1cccc(OCCNC(=O)c2cccc(C)c2NC(=O)c2ccncc2)c1. The Hall–Kier alpha value is -3.87. The maximum absolute atomic E-state index is 12.7. The van der Waals surface area contributed by atoms with Gasteiger partial charge in [0, 0.05) is 24.0 Å². The van der Waals surface area contributed by atoms with E-state index in [0.717, 1.165) is 5.56 Å². The monoisotopic (exact) mass is 405 g/mol. The van der Waals surface area contributed by atoms with Crippen LogP contribution >= 0.6 is 0 Å². The van der Waals surface area contributed by atoms with Crippen molar-refractivity contribution in [2.24, 2.45) is 0 Å². The number of carbonyl (C=O) groups is 2. The number of hydrogen-bond acceptors (Lipinski definition) is 5. The summed E-state index contributed by atoms with van der Waals surface area (Å²) in [7, 11) is 1.59. The fourth-order valence-electron chi connectivity index (χ4n) is 2.83. The predicted octanol–water partition coefficient (Wildman–Crippen LogP) is 3.46. The summed E-state index contributed by atoms with van der Waals surface area (Å²) >= 11 is 0. The molecule has 0 aliphatic rings. The molecule has 3 aromatic rings. The zero-order valence-electron chi connectivity index (χ0n) is 16.8. The summed E-state index contributed by atoms with van der Waals surface area (Å²) in [6.45, 7) is 2.44. The summed E-state index contributed by atoms with van der Waals surface area (Å²) in [6.07, 6.45) is 3.09. The molecule has 0 saturated heterocycles. The topological polar surface area (TPSA) is 89.5 Å². The summed E-state index contributed by atoms with van der Waals surface area (Å²) in [5.74, 6) is 0.760. The van der Waals surface area contributed by atoms with Gasteiger partial charge in [0.15, 0.2) is 0 Å². The Labute approximate surface area is 175 Å². The molecule has 0 atom stereocenters. The molecular formula is C23H23N3O4. The molecule has 3 rings (SSSR count). The molecule has 7 heteroatoms. The Bertz CT molecular complexity index is 1020. The van der Waals surface area contributed by atoms with E-state index in [9.17, 15) is 9.59 Å². The van der Waals surface area contributed by atoms with E-state index in [-0.39, 0.29) is 11.8 Å². The van der Waals surface area contributed by atoms with Crippen LogP contribution in [0.15, 0.2) is 67.0 Å². The average Bonchev–Trinajstić information content (AvgIpc) is 2.78. The van der Waals surface area contributed by atoms with Crippen LogP contribution in [0.2, 0.25) is 0 Å². The Balaban J connectivity index is 1.61. The molecule has 1 heterocycles. The van der Waals surface area contributed by atoms with Crippen molar-refractivity contribution < 1.29 is 19.1 Å². The van der Waals surface area contributed by atoms with E-state index >= 15 is 0 Å². The second kappa shape index (κ2) is 10.1. The van der Waals surface area contributed by atoms with E-state index in [1.807, 2.05) is 31.2 Å². The van der Waals surface area contributed by atoms with Gasteiger partial charge in [0.25, 0.3) is 11.8 Å². The Morgan fingerprint density at radius 3 is 2.47 bits per heavy atom. The molecule has 2 amide bonds. The molecule has 0 bridgehead atoms. The number of ether oxygens (including phenoxy) is 2. The molecule has 0 unspecified atom stereocenters. The van der Waals surface area contributed by atoms with Gasteiger partial charge in [-0.15, -0.1) is 0 Å². The molecule has 0 aliphatic heterocycles.